The molecule has 1 aromatic rings. The molecule has 4 heteroatoms. The van der Waals surface area contributed by atoms with Crippen LogP contribution < -0.4 is 5.32 Å². The number of amides is 1. The number of hydrogen-bond acceptors (Lipinski definition) is 3. The van der Waals surface area contributed by atoms with E-state index in [0.717, 1.165) is 17.5 Å². The van der Waals surface area contributed by atoms with Crippen LogP contribution in [0.15, 0.2) is 35.5 Å². The summed E-state index contributed by atoms with van der Waals surface area (Å²) in [5.74, 6) is -0.641. The Balaban J connectivity index is 2.41. The first-order chi connectivity index (χ1) is 10.4. The molecule has 4 nitrogen and oxygen atoms in total. The summed E-state index contributed by atoms with van der Waals surface area (Å²) in [6.07, 6.45) is 0.898. The zero-order chi connectivity index (χ0) is 16.3. The molecule has 2 atom stereocenters. The molecule has 1 aromatic carbocycles. The summed E-state index contributed by atoms with van der Waals surface area (Å²) in [4.78, 5) is 24.5. The van der Waals surface area contributed by atoms with Crippen LogP contribution >= 0.6 is 0 Å². The van der Waals surface area contributed by atoms with Gasteiger partial charge in [0.1, 0.15) is 0 Å². The lowest BCUT2D eigenvalue weighted by Gasteiger charge is -2.28. The van der Waals surface area contributed by atoms with E-state index in [1.54, 1.807) is 6.92 Å². The minimum Gasteiger partial charge on any atom is -0.459 e. The van der Waals surface area contributed by atoms with Crippen molar-refractivity contribution >= 4 is 11.9 Å². The van der Waals surface area contributed by atoms with E-state index < -0.39 is 0 Å². The van der Waals surface area contributed by atoms with Gasteiger partial charge in [-0.2, -0.15) is 0 Å². The summed E-state index contributed by atoms with van der Waals surface area (Å²) in [5.41, 5.74) is 3.24. The Labute approximate surface area is 131 Å². The third-order valence-corrected chi connectivity index (χ3v) is 4.14. The number of rotatable bonds is 4. The molecule has 2 rings (SSSR count). The number of carbonyl (C=O) groups is 2. The predicted molar refractivity (Wildman–Crippen MR) is 85.2 cm³/mol. The first-order valence-corrected chi connectivity index (χ1v) is 7.71. The molecule has 1 aliphatic rings. The number of ether oxygens (including phenoxy) is 1. The molecule has 1 N–H and O–H groups in total. The van der Waals surface area contributed by atoms with E-state index in [2.05, 4.69) is 5.32 Å². The van der Waals surface area contributed by atoms with Crippen LogP contribution in [0.25, 0.3) is 0 Å². The van der Waals surface area contributed by atoms with Crippen molar-refractivity contribution in [3.8, 4) is 0 Å². The lowest BCUT2D eigenvalue weighted by molar-refractivity contribution is -0.144. The van der Waals surface area contributed by atoms with E-state index in [1.807, 2.05) is 45.0 Å². The fourth-order valence-corrected chi connectivity index (χ4v) is 2.74. The smallest absolute Gasteiger partial charge is 0.336 e. The molecule has 0 spiro atoms. The zero-order valence-corrected chi connectivity index (χ0v) is 13.6. The van der Waals surface area contributed by atoms with Crippen LogP contribution in [0.2, 0.25) is 0 Å². The number of nitrogens with one attached hydrogen (secondary N) is 1. The SMILES string of the molecule is CCC(C)OC(=O)C1=C(C)NC(=O)CC1c1ccccc1C. The molecule has 1 aliphatic heterocycles. The molecule has 0 aromatic heterocycles. The predicted octanol–water partition coefficient (Wildman–Crippen LogP) is 3.21. The van der Waals surface area contributed by atoms with Gasteiger partial charge >= 0.3 is 5.97 Å². The first-order valence-electron chi connectivity index (χ1n) is 7.71. The average molecular weight is 301 g/mol. The van der Waals surface area contributed by atoms with Gasteiger partial charge in [0.25, 0.3) is 0 Å². The Morgan fingerprint density at radius 1 is 1.36 bits per heavy atom. The minimum atomic E-state index is -0.333. The second-order valence-corrected chi connectivity index (χ2v) is 5.82. The molecule has 1 heterocycles. The minimum absolute atomic E-state index is 0.0640. The van der Waals surface area contributed by atoms with Crippen LogP contribution in [0.3, 0.4) is 0 Å². The number of benzene rings is 1. The molecule has 0 fully saturated rings. The topological polar surface area (TPSA) is 55.4 Å². The van der Waals surface area contributed by atoms with Crippen LogP contribution in [0.1, 0.15) is 50.7 Å². The van der Waals surface area contributed by atoms with Gasteiger partial charge in [-0.3, -0.25) is 4.79 Å². The van der Waals surface area contributed by atoms with Crippen molar-refractivity contribution in [1.29, 1.82) is 0 Å². The van der Waals surface area contributed by atoms with Gasteiger partial charge in [0.2, 0.25) is 5.91 Å². The van der Waals surface area contributed by atoms with E-state index >= 15 is 0 Å². The summed E-state index contributed by atoms with van der Waals surface area (Å²) >= 11 is 0. The molecule has 118 valence electrons. The van der Waals surface area contributed by atoms with Gasteiger partial charge in [-0.25, -0.2) is 4.79 Å². The summed E-state index contributed by atoms with van der Waals surface area (Å²) in [6.45, 7) is 7.60. The van der Waals surface area contributed by atoms with Crippen LogP contribution in [0.4, 0.5) is 0 Å². The van der Waals surface area contributed by atoms with Crippen LogP contribution in [-0.2, 0) is 14.3 Å². The van der Waals surface area contributed by atoms with E-state index in [0.29, 0.717) is 11.3 Å². The summed E-state index contributed by atoms with van der Waals surface area (Å²) in [5, 5.41) is 2.76. The van der Waals surface area contributed by atoms with Crippen LogP contribution in [-0.4, -0.2) is 18.0 Å². The lowest BCUT2D eigenvalue weighted by atomic mass is 9.82. The second kappa shape index (κ2) is 6.77. The lowest BCUT2D eigenvalue weighted by Crippen LogP contribution is -2.35. The Bertz CT molecular complexity index is 619. The highest BCUT2D eigenvalue weighted by atomic mass is 16.5. The largest absolute Gasteiger partial charge is 0.459 e. The fraction of sp³-hybridized carbons (Fsp3) is 0.444. The molecule has 0 saturated heterocycles. The quantitative estimate of drug-likeness (QED) is 0.869. The highest BCUT2D eigenvalue weighted by Crippen LogP contribution is 2.35. The van der Waals surface area contributed by atoms with Crippen molar-refractivity contribution in [2.24, 2.45) is 0 Å². The van der Waals surface area contributed by atoms with Gasteiger partial charge in [-0.05, 0) is 38.3 Å². The first kappa shape index (κ1) is 16.3. The van der Waals surface area contributed by atoms with Gasteiger partial charge in [-0.15, -0.1) is 0 Å². The van der Waals surface area contributed by atoms with Gasteiger partial charge in [0, 0.05) is 18.0 Å². The molecule has 0 radical (unpaired) electrons. The fourth-order valence-electron chi connectivity index (χ4n) is 2.74. The van der Waals surface area contributed by atoms with Gasteiger partial charge in [0.15, 0.2) is 0 Å². The van der Waals surface area contributed by atoms with Gasteiger partial charge in [0.05, 0.1) is 11.7 Å². The second-order valence-electron chi connectivity index (χ2n) is 5.82. The number of hydrogen-bond donors (Lipinski definition) is 1. The van der Waals surface area contributed by atoms with Crippen molar-refractivity contribution in [2.75, 3.05) is 0 Å². The summed E-state index contributed by atoms with van der Waals surface area (Å²) in [7, 11) is 0. The van der Waals surface area contributed by atoms with Crippen molar-refractivity contribution in [3.63, 3.8) is 0 Å². The Morgan fingerprint density at radius 2 is 2.05 bits per heavy atom. The monoisotopic (exact) mass is 301 g/mol. The summed E-state index contributed by atoms with van der Waals surface area (Å²) < 4.78 is 5.49. The molecular weight excluding hydrogens is 278 g/mol. The molecule has 0 bridgehead atoms. The van der Waals surface area contributed by atoms with Crippen LogP contribution in [0.5, 0.6) is 0 Å². The maximum Gasteiger partial charge on any atom is 0.336 e. The number of esters is 1. The molecule has 0 aliphatic carbocycles. The molecular formula is C18H23NO3. The van der Waals surface area contributed by atoms with Gasteiger partial charge < -0.3 is 10.1 Å². The maximum absolute atomic E-state index is 12.5. The number of aryl methyl sites for hydroxylation is 1. The average Bonchev–Trinajstić information content (AvgIpc) is 2.46. The van der Waals surface area contributed by atoms with Crippen molar-refractivity contribution < 1.29 is 14.3 Å². The van der Waals surface area contributed by atoms with E-state index in [4.69, 9.17) is 4.74 Å². The molecule has 1 amide bonds. The number of carbonyl (C=O) groups excluding carboxylic acids is 2. The van der Waals surface area contributed by atoms with E-state index in [-0.39, 0.29) is 30.3 Å². The highest BCUT2D eigenvalue weighted by Gasteiger charge is 2.33. The molecule has 0 saturated carbocycles. The highest BCUT2D eigenvalue weighted by molar-refractivity contribution is 5.96. The Kier molecular flexibility index (Phi) is 5.01. The molecule has 2 unspecified atom stereocenters. The normalized spacial score (nSPS) is 19.6. The van der Waals surface area contributed by atoms with Crippen molar-refractivity contribution in [2.45, 2.75) is 52.6 Å². The third kappa shape index (κ3) is 3.38. The van der Waals surface area contributed by atoms with E-state index in [1.165, 1.54) is 0 Å². The standard InChI is InChI=1S/C18H23NO3/c1-5-12(3)22-18(21)17-13(4)19-16(20)10-15(17)14-9-7-6-8-11(14)2/h6-9,12,15H,5,10H2,1-4H3,(H,19,20). The van der Waals surface area contributed by atoms with Crippen molar-refractivity contribution in [1.82, 2.24) is 5.32 Å². The Hall–Kier alpha value is -2.10. The Morgan fingerprint density at radius 3 is 2.68 bits per heavy atom. The van der Waals surface area contributed by atoms with E-state index in [9.17, 15) is 9.59 Å². The van der Waals surface area contributed by atoms with Gasteiger partial charge in [-0.1, -0.05) is 31.2 Å². The number of allylic oxidation sites excluding steroid dienone is 1. The maximum atomic E-state index is 12.5. The summed E-state index contributed by atoms with van der Waals surface area (Å²) in [6, 6.07) is 7.86. The van der Waals surface area contributed by atoms with Crippen molar-refractivity contribution in [3.05, 3.63) is 46.7 Å². The third-order valence-electron chi connectivity index (χ3n) is 4.14. The zero-order valence-electron chi connectivity index (χ0n) is 13.6. The van der Waals surface area contributed by atoms with Crippen LogP contribution in [0, 0.1) is 6.92 Å². The molecule has 22 heavy (non-hydrogen) atoms.